The number of hydrogen-bond acceptors (Lipinski definition) is 6. The lowest BCUT2D eigenvalue weighted by atomic mass is 9.93. The summed E-state index contributed by atoms with van der Waals surface area (Å²) in [6.45, 7) is 7.47. The maximum atomic E-state index is 14.5. The maximum Gasteiger partial charge on any atom is 0.274 e. The SMILES string of the molecule is CCCCN(CCCC)C(=O)c1cc(C)n(-c2ccc(NC(=O)Cc3ccc(O)cc3)cc2C(=O)N2Cc3ccccc3CC2CO)n1. The van der Waals surface area contributed by atoms with Crippen molar-refractivity contribution < 1.29 is 24.6 Å². The van der Waals surface area contributed by atoms with Crippen LogP contribution in [0.2, 0.25) is 0 Å². The summed E-state index contributed by atoms with van der Waals surface area (Å²) in [6.07, 6.45) is 4.35. The van der Waals surface area contributed by atoms with Gasteiger partial charge in [0, 0.05) is 31.0 Å². The third-order valence-corrected chi connectivity index (χ3v) is 8.82. The molecule has 3 amide bonds. The molecule has 1 aliphatic heterocycles. The summed E-state index contributed by atoms with van der Waals surface area (Å²) >= 11 is 0. The van der Waals surface area contributed by atoms with E-state index in [2.05, 4.69) is 19.2 Å². The molecule has 5 rings (SSSR count). The Labute approximate surface area is 282 Å². The summed E-state index contributed by atoms with van der Waals surface area (Å²) in [5.41, 5.74) is 5.01. The molecule has 0 fully saturated rings. The maximum absolute atomic E-state index is 14.5. The van der Waals surface area contributed by atoms with Crippen molar-refractivity contribution in [2.24, 2.45) is 0 Å². The Balaban J connectivity index is 1.51. The zero-order valence-electron chi connectivity index (χ0n) is 28.0. The van der Waals surface area contributed by atoms with Gasteiger partial charge in [0.1, 0.15) is 5.75 Å². The molecule has 1 unspecified atom stereocenters. The van der Waals surface area contributed by atoms with Crippen molar-refractivity contribution >= 4 is 23.4 Å². The predicted molar refractivity (Wildman–Crippen MR) is 185 cm³/mol. The van der Waals surface area contributed by atoms with E-state index in [9.17, 15) is 24.6 Å². The van der Waals surface area contributed by atoms with Gasteiger partial charge in [-0.15, -0.1) is 0 Å². The molecule has 0 saturated heterocycles. The number of aromatic hydroxyl groups is 1. The molecule has 10 nitrogen and oxygen atoms in total. The highest BCUT2D eigenvalue weighted by Gasteiger charge is 2.32. The van der Waals surface area contributed by atoms with Gasteiger partial charge in [-0.05, 0) is 79.3 Å². The Morgan fingerprint density at radius 1 is 0.938 bits per heavy atom. The number of anilines is 1. The number of nitrogens with zero attached hydrogens (tertiary/aromatic N) is 4. The lowest BCUT2D eigenvalue weighted by molar-refractivity contribution is -0.115. The molecule has 1 atom stereocenters. The molecule has 1 aromatic heterocycles. The first kappa shape index (κ1) is 34.4. The van der Waals surface area contributed by atoms with Crippen LogP contribution in [-0.2, 0) is 24.2 Å². The van der Waals surface area contributed by atoms with Crippen LogP contribution in [0.5, 0.6) is 5.75 Å². The predicted octanol–water partition coefficient (Wildman–Crippen LogP) is 5.67. The van der Waals surface area contributed by atoms with Crippen molar-refractivity contribution in [1.82, 2.24) is 19.6 Å². The van der Waals surface area contributed by atoms with Crippen molar-refractivity contribution in [3.05, 3.63) is 106 Å². The second-order valence-electron chi connectivity index (χ2n) is 12.4. The minimum Gasteiger partial charge on any atom is -0.508 e. The summed E-state index contributed by atoms with van der Waals surface area (Å²) in [4.78, 5) is 44.7. The van der Waals surface area contributed by atoms with E-state index in [0.717, 1.165) is 42.4 Å². The largest absolute Gasteiger partial charge is 0.508 e. The van der Waals surface area contributed by atoms with Gasteiger partial charge in [0.25, 0.3) is 11.8 Å². The van der Waals surface area contributed by atoms with E-state index in [1.165, 1.54) is 12.1 Å². The van der Waals surface area contributed by atoms with E-state index in [1.54, 1.807) is 46.0 Å². The molecule has 0 bridgehead atoms. The molecule has 0 saturated carbocycles. The van der Waals surface area contributed by atoms with Gasteiger partial charge in [-0.1, -0.05) is 63.1 Å². The van der Waals surface area contributed by atoms with E-state index in [-0.39, 0.29) is 42.1 Å². The van der Waals surface area contributed by atoms with Crippen LogP contribution in [0.25, 0.3) is 5.69 Å². The molecular weight excluding hydrogens is 606 g/mol. The molecule has 48 heavy (non-hydrogen) atoms. The molecule has 252 valence electrons. The highest BCUT2D eigenvalue weighted by Crippen LogP contribution is 2.29. The fourth-order valence-corrected chi connectivity index (χ4v) is 6.11. The smallest absolute Gasteiger partial charge is 0.274 e. The van der Waals surface area contributed by atoms with Crippen LogP contribution in [-0.4, -0.2) is 73.3 Å². The highest BCUT2D eigenvalue weighted by atomic mass is 16.3. The van der Waals surface area contributed by atoms with Crippen LogP contribution < -0.4 is 5.32 Å². The molecular formula is C38H45N5O5. The van der Waals surface area contributed by atoms with E-state index in [4.69, 9.17) is 5.10 Å². The summed E-state index contributed by atoms with van der Waals surface area (Å²) in [7, 11) is 0. The second kappa shape index (κ2) is 15.8. The Bertz CT molecular complexity index is 1740. The molecule has 3 N–H and O–H groups in total. The van der Waals surface area contributed by atoms with Crippen molar-refractivity contribution in [3.63, 3.8) is 0 Å². The lowest BCUT2D eigenvalue weighted by Crippen LogP contribution is -2.46. The normalized spacial score (nSPS) is 14.0. The van der Waals surface area contributed by atoms with Gasteiger partial charge in [-0.25, -0.2) is 4.68 Å². The van der Waals surface area contributed by atoms with Gasteiger partial charge in [0.15, 0.2) is 5.69 Å². The number of aliphatic hydroxyl groups excluding tert-OH is 1. The number of carbonyl (C=O) groups is 3. The number of aryl methyl sites for hydroxylation is 1. The number of amides is 3. The number of fused-ring (bicyclic) bond motifs is 1. The molecule has 10 heteroatoms. The van der Waals surface area contributed by atoms with Gasteiger partial charge in [-0.3, -0.25) is 14.4 Å². The fraction of sp³-hybridized carbons (Fsp3) is 0.368. The first-order valence-corrected chi connectivity index (χ1v) is 16.8. The van der Waals surface area contributed by atoms with Gasteiger partial charge in [0.2, 0.25) is 5.91 Å². The first-order valence-electron chi connectivity index (χ1n) is 16.8. The Morgan fingerprint density at radius 3 is 2.29 bits per heavy atom. The molecule has 2 heterocycles. The van der Waals surface area contributed by atoms with Crippen LogP contribution >= 0.6 is 0 Å². The highest BCUT2D eigenvalue weighted by molar-refractivity contribution is 6.01. The first-order chi connectivity index (χ1) is 23.2. The minimum absolute atomic E-state index is 0.0805. The Morgan fingerprint density at radius 2 is 1.62 bits per heavy atom. The van der Waals surface area contributed by atoms with Crippen LogP contribution in [0.1, 0.15) is 82.8 Å². The van der Waals surface area contributed by atoms with E-state index >= 15 is 0 Å². The third-order valence-electron chi connectivity index (χ3n) is 8.82. The Kier molecular flexibility index (Phi) is 11.3. The summed E-state index contributed by atoms with van der Waals surface area (Å²) < 4.78 is 1.62. The summed E-state index contributed by atoms with van der Waals surface area (Å²) in [6, 6.07) is 20.7. The van der Waals surface area contributed by atoms with Gasteiger partial charge in [0.05, 0.1) is 30.3 Å². The molecule has 0 spiro atoms. The lowest BCUT2D eigenvalue weighted by Gasteiger charge is -2.36. The average molecular weight is 652 g/mol. The number of phenols is 1. The number of aliphatic hydroxyl groups is 1. The Hall–Kier alpha value is -4.96. The number of phenolic OH excluding ortho intramolecular Hbond substituents is 1. The summed E-state index contributed by atoms with van der Waals surface area (Å²) in [5, 5.41) is 27.6. The van der Waals surface area contributed by atoms with Gasteiger partial charge < -0.3 is 25.3 Å². The monoisotopic (exact) mass is 651 g/mol. The zero-order chi connectivity index (χ0) is 34.2. The topological polar surface area (TPSA) is 128 Å². The summed E-state index contributed by atoms with van der Waals surface area (Å²) in [5.74, 6) is -0.622. The standard InChI is InChI=1S/C38H45N5O5/c1-4-6-18-41(19-7-5-2)38(48)34-20-26(3)43(40-34)35-17-14-30(39-36(46)21-27-12-15-32(45)16-13-27)23-33(35)37(47)42-24-29-11-9-8-10-28(29)22-31(42)25-44/h8-17,20,23,31,44-45H,4-7,18-19,21-22,24-25H2,1-3H3,(H,39,46). The molecule has 3 aromatic carbocycles. The number of benzene rings is 3. The van der Waals surface area contributed by atoms with Gasteiger partial charge >= 0.3 is 0 Å². The minimum atomic E-state index is -0.436. The number of rotatable bonds is 13. The zero-order valence-corrected chi connectivity index (χ0v) is 28.0. The van der Waals surface area contributed by atoms with Crippen LogP contribution in [0.4, 0.5) is 5.69 Å². The van der Waals surface area contributed by atoms with Crippen molar-refractivity contribution in [2.75, 3.05) is 25.0 Å². The quantitative estimate of drug-likeness (QED) is 0.171. The van der Waals surface area contributed by atoms with Crippen LogP contribution in [0.3, 0.4) is 0 Å². The van der Waals surface area contributed by atoms with E-state index in [0.29, 0.717) is 48.8 Å². The average Bonchev–Trinajstić information content (AvgIpc) is 3.49. The third kappa shape index (κ3) is 7.94. The second-order valence-corrected chi connectivity index (χ2v) is 12.4. The number of nitrogens with one attached hydrogen (secondary N) is 1. The number of carbonyl (C=O) groups excluding carboxylic acids is 3. The van der Waals surface area contributed by atoms with Crippen LogP contribution in [0, 0.1) is 6.92 Å². The molecule has 0 radical (unpaired) electrons. The number of hydrogen-bond donors (Lipinski definition) is 3. The van der Waals surface area contributed by atoms with Crippen molar-refractivity contribution in [2.45, 2.75) is 71.9 Å². The number of unbranched alkanes of at least 4 members (excludes halogenated alkanes) is 2. The van der Waals surface area contributed by atoms with E-state index < -0.39 is 6.04 Å². The van der Waals surface area contributed by atoms with Crippen molar-refractivity contribution in [3.8, 4) is 11.4 Å². The molecule has 1 aliphatic rings. The molecule has 0 aliphatic carbocycles. The number of aromatic nitrogens is 2. The van der Waals surface area contributed by atoms with Crippen molar-refractivity contribution in [1.29, 1.82) is 0 Å². The fourth-order valence-electron chi connectivity index (χ4n) is 6.11. The van der Waals surface area contributed by atoms with Gasteiger partial charge in [-0.2, -0.15) is 5.10 Å². The molecule has 4 aromatic rings. The van der Waals surface area contributed by atoms with Crippen LogP contribution in [0.15, 0.2) is 72.8 Å². The van der Waals surface area contributed by atoms with E-state index in [1.807, 2.05) is 36.1 Å².